The van der Waals surface area contributed by atoms with Crippen LogP contribution < -0.4 is 0 Å². The van der Waals surface area contributed by atoms with Crippen molar-refractivity contribution >= 4 is 0 Å². The molecule has 0 amide bonds. The van der Waals surface area contributed by atoms with Gasteiger partial charge in [-0.1, -0.05) is 6.92 Å². The van der Waals surface area contributed by atoms with E-state index >= 15 is 0 Å². The van der Waals surface area contributed by atoms with Gasteiger partial charge in [0.05, 0.1) is 138 Å². The number of likely N-dealkylation sites (tertiary alicyclic amines) is 1. The molecule has 1 aliphatic rings. The van der Waals surface area contributed by atoms with Gasteiger partial charge in [0.15, 0.2) is 0 Å². The summed E-state index contributed by atoms with van der Waals surface area (Å²) >= 11 is 0. The molecular formula is C29H59NO11. The van der Waals surface area contributed by atoms with E-state index in [0.29, 0.717) is 151 Å². The smallest absolute Gasteiger partial charge is 0.0718 e. The van der Waals surface area contributed by atoms with Crippen molar-refractivity contribution in [1.29, 1.82) is 0 Å². The van der Waals surface area contributed by atoms with Gasteiger partial charge < -0.3 is 57.0 Å². The number of rotatable bonds is 33. The van der Waals surface area contributed by atoms with Gasteiger partial charge in [0.25, 0.3) is 0 Å². The van der Waals surface area contributed by atoms with Crippen LogP contribution in [0.25, 0.3) is 0 Å². The van der Waals surface area contributed by atoms with Gasteiger partial charge in [-0.15, -0.1) is 0 Å². The summed E-state index contributed by atoms with van der Waals surface area (Å²) in [7, 11) is 2.17. The summed E-state index contributed by atoms with van der Waals surface area (Å²) in [6, 6.07) is 0.649. The number of likely N-dealkylation sites (N-methyl/N-ethyl adjacent to an activating group) is 1. The highest BCUT2D eigenvalue weighted by Crippen LogP contribution is 2.20. The standard InChI is InChI=1S/C29H59NO11/c1-4-28-26-29(27-30(28)3)41-25-24-40-23-22-39-21-20-38-19-18-37-17-16-36-15-14-35-13-12-34-11-10-33-9-8-32-7-6-31-5-2/h28-29H,4-27H2,1-3H3/t28-,29-/m1/s1. The molecule has 0 N–H and O–H groups in total. The molecule has 12 heteroatoms. The summed E-state index contributed by atoms with van der Waals surface area (Å²) in [5, 5.41) is 0. The van der Waals surface area contributed by atoms with E-state index in [0.717, 1.165) is 13.0 Å². The second-order valence-corrected chi connectivity index (χ2v) is 9.44. The Balaban J connectivity index is 1.63. The van der Waals surface area contributed by atoms with E-state index in [-0.39, 0.29) is 0 Å². The normalized spacial score (nSPS) is 17.6. The lowest BCUT2D eigenvalue weighted by Crippen LogP contribution is -2.24. The number of nitrogens with zero attached hydrogens (tertiary/aromatic N) is 1. The van der Waals surface area contributed by atoms with Crippen LogP contribution in [0.2, 0.25) is 0 Å². The minimum atomic E-state index is 0.333. The van der Waals surface area contributed by atoms with Crippen LogP contribution in [0.3, 0.4) is 0 Å². The van der Waals surface area contributed by atoms with E-state index in [9.17, 15) is 0 Å². The van der Waals surface area contributed by atoms with E-state index in [1.165, 1.54) is 6.42 Å². The molecule has 0 aromatic heterocycles. The van der Waals surface area contributed by atoms with Crippen molar-refractivity contribution in [3.63, 3.8) is 0 Å². The molecule has 0 saturated carbocycles. The van der Waals surface area contributed by atoms with E-state index in [1.54, 1.807) is 0 Å². The van der Waals surface area contributed by atoms with Crippen LogP contribution in [0.1, 0.15) is 26.7 Å². The van der Waals surface area contributed by atoms with Crippen molar-refractivity contribution in [1.82, 2.24) is 4.90 Å². The molecule has 2 atom stereocenters. The Morgan fingerprint density at radius 1 is 0.439 bits per heavy atom. The Morgan fingerprint density at radius 3 is 1.00 bits per heavy atom. The van der Waals surface area contributed by atoms with Crippen LogP contribution in [0, 0.1) is 0 Å². The van der Waals surface area contributed by atoms with Gasteiger partial charge >= 0.3 is 0 Å². The lowest BCUT2D eigenvalue weighted by Gasteiger charge is -2.15. The Bertz CT molecular complexity index is 521. The van der Waals surface area contributed by atoms with Crippen LogP contribution in [0.5, 0.6) is 0 Å². The quantitative estimate of drug-likeness (QED) is 0.103. The molecule has 0 unspecified atom stereocenters. The first-order valence-corrected chi connectivity index (χ1v) is 15.4. The van der Waals surface area contributed by atoms with Crippen LogP contribution >= 0.6 is 0 Å². The van der Waals surface area contributed by atoms with E-state index in [4.69, 9.17) is 52.1 Å². The van der Waals surface area contributed by atoms with Crippen molar-refractivity contribution in [2.45, 2.75) is 38.8 Å². The Morgan fingerprint density at radius 2 is 0.732 bits per heavy atom. The highest BCUT2D eigenvalue weighted by Gasteiger charge is 2.28. The molecule has 1 heterocycles. The second kappa shape index (κ2) is 31.0. The third-order valence-corrected chi connectivity index (χ3v) is 6.25. The van der Waals surface area contributed by atoms with Gasteiger partial charge in [0.2, 0.25) is 0 Å². The molecule has 1 saturated heterocycles. The number of ether oxygens (including phenoxy) is 11. The lowest BCUT2D eigenvalue weighted by molar-refractivity contribution is -0.0294. The third-order valence-electron chi connectivity index (χ3n) is 6.25. The van der Waals surface area contributed by atoms with Crippen LogP contribution in [-0.4, -0.2) is 169 Å². The minimum Gasteiger partial charge on any atom is -0.379 e. The minimum absolute atomic E-state index is 0.333. The van der Waals surface area contributed by atoms with Gasteiger partial charge in [-0.25, -0.2) is 0 Å². The fraction of sp³-hybridized carbons (Fsp3) is 1.00. The molecular weight excluding hydrogens is 538 g/mol. The van der Waals surface area contributed by atoms with Crippen LogP contribution in [-0.2, 0) is 52.1 Å². The summed E-state index contributed by atoms with van der Waals surface area (Å²) in [5.74, 6) is 0. The Labute approximate surface area is 248 Å². The van der Waals surface area contributed by atoms with Gasteiger partial charge in [0.1, 0.15) is 0 Å². The molecule has 0 bridgehead atoms. The Kier molecular flexibility index (Phi) is 29.1. The average molecular weight is 598 g/mol. The zero-order chi connectivity index (χ0) is 29.5. The van der Waals surface area contributed by atoms with Crippen molar-refractivity contribution in [3.8, 4) is 0 Å². The molecule has 0 aromatic carbocycles. The van der Waals surface area contributed by atoms with Crippen molar-refractivity contribution in [2.75, 3.05) is 152 Å². The molecule has 0 aromatic rings. The Hall–Kier alpha value is -0.480. The maximum atomic E-state index is 5.90. The number of hydrogen-bond acceptors (Lipinski definition) is 12. The van der Waals surface area contributed by atoms with Gasteiger partial charge in [-0.2, -0.15) is 0 Å². The monoisotopic (exact) mass is 597 g/mol. The third kappa shape index (κ3) is 25.7. The van der Waals surface area contributed by atoms with Crippen molar-refractivity contribution in [2.24, 2.45) is 0 Å². The molecule has 41 heavy (non-hydrogen) atoms. The van der Waals surface area contributed by atoms with Crippen molar-refractivity contribution < 1.29 is 52.1 Å². The molecule has 0 spiro atoms. The van der Waals surface area contributed by atoms with Gasteiger partial charge in [0, 0.05) is 19.2 Å². The van der Waals surface area contributed by atoms with Gasteiger partial charge in [-0.3, -0.25) is 0 Å². The predicted octanol–water partition coefficient (Wildman–Crippen LogP) is 1.67. The zero-order valence-corrected chi connectivity index (χ0v) is 26.1. The van der Waals surface area contributed by atoms with E-state index in [1.807, 2.05) is 6.92 Å². The molecule has 0 aliphatic carbocycles. The summed E-state index contributed by atoms with van der Waals surface area (Å²) in [4.78, 5) is 2.38. The maximum Gasteiger partial charge on any atom is 0.0718 e. The molecule has 246 valence electrons. The fourth-order valence-electron chi connectivity index (χ4n) is 4.02. The SMILES string of the molecule is CCOCCOCCOCCOCCOCCOCCOCCOCCOCCOCCO[C@@H]1C[C@@H](CC)N(C)C1. The summed E-state index contributed by atoms with van der Waals surface area (Å²) < 4.78 is 60.3. The zero-order valence-electron chi connectivity index (χ0n) is 26.1. The molecule has 1 aliphatic heterocycles. The second-order valence-electron chi connectivity index (χ2n) is 9.44. The largest absolute Gasteiger partial charge is 0.379 e. The molecule has 1 rings (SSSR count). The topological polar surface area (TPSA) is 105 Å². The lowest BCUT2D eigenvalue weighted by atomic mass is 10.1. The molecule has 12 nitrogen and oxygen atoms in total. The maximum absolute atomic E-state index is 5.90. The van der Waals surface area contributed by atoms with Crippen LogP contribution in [0.15, 0.2) is 0 Å². The summed E-state index contributed by atoms with van der Waals surface area (Å²) in [6.45, 7) is 17.0. The van der Waals surface area contributed by atoms with Crippen LogP contribution in [0.4, 0.5) is 0 Å². The first kappa shape index (κ1) is 38.5. The first-order valence-electron chi connectivity index (χ1n) is 15.4. The van der Waals surface area contributed by atoms with E-state index < -0.39 is 0 Å². The predicted molar refractivity (Wildman–Crippen MR) is 155 cm³/mol. The van der Waals surface area contributed by atoms with Gasteiger partial charge in [-0.05, 0) is 26.8 Å². The van der Waals surface area contributed by atoms with Crippen molar-refractivity contribution in [3.05, 3.63) is 0 Å². The first-order chi connectivity index (χ1) is 20.3. The molecule has 1 fully saturated rings. The molecule has 0 radical (unpaired) electrons. The number of hydrogen-bond donors (Lipinski definition) is 0. The highest BCUT2D eigenvalue weighted by atomic mass is 16.6. The highest BCUT2D eigenvalue weighted by molar-refractivity contribution is 4.82. The fourth-order valence-corrected chi connectivity index (χ4v) is 4.02. The summed E-state index contributed by atoms with van der Waals surface area (Å²) in [5.41, 5.74) is 0. The summed E-state index contributed by atoms with van der Waals surface area (Å²) in [6.07, 6.45) is 2.63. The van der Waals surface area contributed by atoms with E-state index in [2.05, 4.69) is 18.9 Å². The average Bonchev–Trinajstić information content (AvgIpc) is 3.35.